The van der Waals surface area contributed by atoms with Crippen molar-refractivity contribution in [2.45, 2.75) is 6.04 Å². The van der Waals surface area contributed by atoms with Crippen LogP contribution in [0.15, 0.2) is 24.4 Å². The van der Waals surface area contributed by atoms with Gasteiger partial charge in [0.25, 0.3) is 0 Å². The highest BCUT2D eigenvalue weighted by Gasteiger charge is 2.22. The molecule has 3 rings (SSSR count). The number of nitrogens with one attached hydrogen (secondary N) is 1. The predicted molar refractivity (Wildman–Crippen MR) is 51.6 cm³/mol. The third kappa shape index (κ3) is 0.974. The SMILES string of the molecule is Fc1cccc2cnn(C3CNC3)c12. The van der Waals surface area contributed by atoms with Crippen molar-refractivity contribution in [1.29, 1.82) is 0 Å². The lowest BCUT2D eigenvalue weighted by atomic mass is 10.1. The van der Waals surface area contributed by atoms with Crippen molar-refractivity contribution >= 4 is 10.9 Å². The van der Waals surface area contributed by atoms with E-state index in [2.05, 4.69) is 10.4 Å². The molecule has 72 valence electrons. The van der Waals surface area contributed by atoms with Gasteiger partial charge in [0.2, 0.25) is 0 Å². The van der Waals surface area contributed by atoms with Crippen LogP contribution in [0.1, 0.15) is 6.04 Å². The van der Waals surface area contributed by atoms with E-state index in [0.717, 1.165) is 18.5 Å². The summed E-state index contributed by atoms with van der Waals surface area (Å²) in [5.41, 5.74) is 0.624. The molecule has 0 saturated carbocycles. The van der Waals surface area contributed by atoms with Gasteiger partial charge >= 0.3 is 0 Å². The Morgan fingerprint density at radius 1 is 1.43 bits per heavy atom. The van der Waals surface area contributed by atoms with Gasteiger partial charge in [0.05, 0.1) is 12.2 Å². The number of para-hydroxylation sites is 1. The van der Waals surface area contributed by atoms with E-state index in [-0.39, 0.29) is 5.82 Å². The summed E-state index contributed by atoms with van der Waals surface area (Å²) in [6, 6.07) is 5.38. The third-order valence-corrected chi connectivity index (χ3v) is 2.67. The molecule has 2 heterocycles. The van der Waals surface area contributed by atoms with Crippen molar-refractivity contribution in [3.63, 3.8) is 0 Å². The van der Waals surface area contributed by atoms with E-state index in [1.807, 2.05) is 6.07 Å². The topological polar surface area (TPSA) is 29.9 Å². The summed E-state index contributed by atoms with van der Waals surface area (Å²) in [7, 11) is 0. The van der Waals surface area contributed by atoms with Gasteiger partial charge in [0.1, 0.15) is 11.3 Å². The van der Waals surface area contributed by atoms with Gasteiger partial charge in [-0.1, -0.05) is 12.1 Å². The Balaban J connectivity index is 2.23. The molecule has 0 bridgehead atoms. The van der Waals surface area contributed by atoms with Crippen LogP contribution in [0.3, 0.4) is 0 Å². The van der Waals surface area contributed by atoms with Crippen molar-refractivity contribution in [3.05, 3.63) is 30.2 Å². The molecule has 3 nitrogen and oxygen atoms in total. The minimum absolute atomic E-state index is 0.188. The molecule has 4 heteroatoms. The lowest BCUT2D eigenvalue weighted by molar-refractivity contribution is 0.324. The second kappa shape index (κ2) is 2.78. The Hall–Kier alpha value is -1.42. The van der Waals surface area contributed by atoms with Gasteiger partial charge in [-0.2, -0.15) is 5.10 Å². The first-order valence-electron chi connectivity index (χ1n) is 4.69. The monoisotopic (exact) mass is 191 g/mol. The number of fused-ring (bicyclic) bond motifs is 1. The van der Waals surface area contributed by atoms with Crippen LogP contribution in [-0.4, -0.2) is 22.9 Å². The fourth-order valence-electron chi connectivity index (χ4n) is 1.78. The summed E-state index contributed by atoms with van der Waals surface area (Å²) in [6.07, 6.45) is 1.72. The van der Waals surface area contributed by atoms with Gasteiger partial charge in [-0.05, 0) is 6.07 Å². The molecule has 1 N–H and O–H groups in total. The number of aromatic nitrogens is 2. The minimum atomic E-state index is -0.188. The molecule has 1 aromatic carbocycles. The van der Waals surface area contributed by atoms with E-state index in [4.69, 9.17) is 0 Å². The standard InChI is InChI=1S/C10H10FN3/c11-9-3-1-2-7-4-13-14(10(7)9)8-5-12-6-8/h1-4,8,12H,5-6H2. The smallest absolute Gasteiger partial charge is 0.149 e. The molecule has 1 aliphatic rings. The summed E-state index contributed by atoms with van der Waals surface area (Å²) < 4.78 is 15.3. The summed E-state index contributed by atoms with van der Waals surface area (Å²) in [5, 5.41) is 8.24. The number of hydrogen-bond donors (Lipinski definition) is 1. The highest BCUT2D eigenvalue weighted by Crippen LogP contribution is 2.22. The van der Waals surface area contributed by atoms with Crippen molar-refractivity contribution < 1.29 is 4.39 Å². The van der Waals surface area contributed by atoms with Crippen LogP contribution in [0.25, 0.3) is 10.9 Å². The van der Waals surface area contributed by atoms with E-state index in [9.17, 15) is 4.39 Å². The van der Waals surface area contributed by atoms with Crippen molar-refractivity contribution in [2.24, 2.45) is 0 Å². The molecule has 0 spiro atoms. The third-order valence-electron chi connectivity index (χ3n) is 2.67. The van der Waals surface area contributed by atoms with Crippen molar-refractivity contribution in [2.75, 3.05) is 13.1 Å². The lowest BCUT2D eigenvalue weighted by Gasteiger charge is -2.27. The highest BCUT2D eigenvalue weighted by atomic mass is 19.1. The molecule has 0 radical (unpaired) electrons. The number of halogens is 1. The maximum absolute atomic E-state index is 13.5. The zero-order valence-electron chi connectivity index (χ0n) is 7.57. The number of nitrogens with zero attached hydrogens (tertiary/aromatic N) is 2. The average molecular weight is 191 g/mol. The molecule has 2 aromatic rings. The van der Waals surface area contributed by atoms with Crippen LogP contribution < -0.4 is 5.32 Å². The summed E-state index contributed by atoms with van der Waals surface area (Å²) >= 11 is 0. The Morgan fingerprint density at radius 2 is 2.29 bits per heavy atom. The highest BCUT2D eigenvalue weighted by molar-refractivity contribution is 5.79. The molecule has 0 unspecified atom stereocenters. The van der Waals surface area contributed by atoms with Gasteiger partial charge in [0, 0.05) is 18.5 Å². The molecule has 1 aromatic heterocycles. The number of hydrogen-bond acceptors (Lipinski definition) is 2. The van der Waals surface area contributed by atoms with Gasteiger partial charge in [-0.3, -0.25) is 4.68 Å². The first-order valence-corrected chi connectivity index (χ1v) is 4.69. The number of rotatable bonds is 1. The fraction of sp³-hybridized carbons (Fsp3) is 0.300. The largest absolute Gasteiger partial charge is 0.312 e. The van der Waals surface area contributed by atoms with Crippen molar-refractivity contribution in [1.82, 2.24) is 15.1 Å². The van der Waals surface area contributed by atoms with Gasteiger partial charge < -0.3 is 5.32 Å². The van der Waals surface area contributed by atoms with Crippen LogP contribution in [-0.2, 0) is 0 Å². The lowest BCUT2D eigenvalue weighted by Crippen LogP contribution is -2.43. The second-order valence-electron chi connectivity index (χ2n) is 3.58. The van der Waals surface area contributed by atoms with Crippen LogP contribution in [0.5, 0.6) is 0 Å². The quantitative estimate of drug-likeness (QED) is 0.736. The Bertz CT molecular complexity index is 473. The zero-order valence-corrected chi connectivity index (χ0v) is 7.57. The normalized spacial score (nSPS) is 17.2. The minimum Gasteiger partial charge on any atom is -0.312 e. The van der Waals surface area contributed by atoms with E-state index in [0.29, 0.717) is 11.6 Å². The Kier molecular flexibility index (Phi) is 1.58. The van der Waals surface area contributed by atoms with E-state index < -0.39 is 0 Å². The first-order chi connectivity index (χ1) is 6.86. The predicted octanol–water partition coefficient (Wildman–Crippen LogP) is 1.32. The molecule has 0 atom stereocenters. The molecule has 1 saturated heterocycles. The molecule has 1 aliphatic heterocycles. The van der Waals surface area contributed by atoms with Crippen molar-refractivity contribution in [3.8, 4) is 0 Å². The average Bonchev–Trinajstić information content (AvgIpc) is 2.47. The first kappa shape index (κ1) is 7.94. The van der Waals surface area contributed by atoms with E-state index in [1.165, 1.54) is 6.07 Å². The molecule has 14 heavy (non-hydrogen) atoms. The summed E-state index contributed by atoms with van der Waals surface area (Å²) in [6.45, 7) is 1.76. The van der Waals surface area contributed by atoms with Crippen LogP contribution >= 0.6 is 0 Å². The van der Waals surface area contributed by atoms with E-state index in [1.54, 1.807) is 16.9 Å². The maximum Gasteiger partial charge on any atom is 0.149 e. The van der Waals surface area contributed by atoms with Gasteiger partial charge in [0.15, 0.2) is 0 Å². The summed E-state index contributed by atoms with van der Waals surface area (Å²) in [5.74, 6) is -0.188. The Labute approximate surface area is 80.5 Å². The molecule has 1 fully saturated rings. The van der Waals surface area contributed by atoms with E-state index >= 15 is 0 Å². The molecule has 0 amide bonds. The Morgan fingerprint density at radius 3 is 3.00 bits per heavy atom. The molecular formula is C10H10FN3. The molecular weight excluding hydrogens is 181 g/mol. The summed E-state index contributed by atoms with van der Waals surface area (Å²) in [4.78, 5) is 0. The zero-order chi connectivity index (χ0) is 9.54. The van der Waals surface area contributed by atoms with Gasteiger partial charge in [-0.15, -0.1) is 0 Å². The fourth-order valence-corrected chi connectivity index (χ4v) is 1.78. The second-order valence-corrected chi connectivity index (χ2v) is 3.58. The number of benzene rings is 1. The van der Waals surface area contributed by atoms with Crippen LogP contribution in [0.2, 0.25) is 0 Å². The van der Waals surface area contributed by atoms with Gasteiger partial charge in [-0.25, -0.2) is 4.39 Å². The van der Waals surface area contributed by atoms with Crippen LogP contribution in [0, 0.1) is 5.82 Å². The maximum atomic E-state index is 13.5. The molecule has 0 aliphatic carbocycles. The van der Waals surface area contributed by atoms with Crippen LogP contribution in [0.4, 0.5) is 4.39 Å².